The molecule has 6 aromatic carbocycles. The van der Waals surface area contributed by atoms with E-state index in [0.29, 0.717) is 0 Å². The largest absolute Gasteiger partial charge is 0.309 e. The fourth-order valence-corrected chi connectivity index (χ4v) is 6.58. The Morgan fingerprint density at radius 3 is 0.950 bits per heavy atom. The lowest BCUT2D eigenvalue weighted by Crippen LogP contribution is -1.98. The van der Waals surface area contributed by atoms with Crippen molar-refractivity contribution in [3.63, 3.8) is 0 Å². The van der Waals surface area contributed by atoms with Crippen LogP contribution < -0.4 is 0 Å². The van der Waals surface area contributed by atoms with Gasteiger partial charge in [-0.15, -0.1) is 0 Å². The fourth-order valence-electron chi connectivity index (χ4n) is 6.58. The first kappa shape index (κ1) is 22.9. The van der Waals surface area contributed by atoms with Gasteiger partial charge in [-0.3, -0.25) is 0 Å². The molecule has 0 aliphatic carbocycles. The molecule has 8 rings (SSSR count). The first-order valence-corrected chi connectivity index (χ1v) is 13.9. The van der Waals surface area contributed by atoms with Crippen LogP contribution in [0.5, 0.6) is 0 Å². The number of nitrogens with zero attached hydrogens (tertiary/aromatic N) is 2. The molecule has 40 heavy (non-hydrogen) atoms. The van der Waals surface area contributed by atoms with E-state index in [0.717, 1.165) is 0 Å². The number of fused-ring (bicyclic) bond motifs is 6. The van der Waals surface area contributed by atoms with E-state index in [-0.39, 0.29) is 0 Å². The van der Waals surface area contributed by atoms with Crippen molar-refractivity contribution in [2.45, 2.75) is 13.8 Å². The summed E-state index contributed by atoms with van der Waals surface area (Å²) in [4.78, 5) is 0. The van der Waals surface area contributed by atoms with Crippen LogP contribution in [0.25, 0.3) is 66.1 Å². The minimum atomic E-state index is 1.19. The van der Waals surface area contributed by atoms with Crippen molar-refractivity contribution in [3.05, 3.63) is 145 Å². The summed E-state index contributed by atoms with van der Waals surface area (Å²) in [6.45, 7) is 4.46. The van der Waals surface area contributed by atoms with E-state index in [1.54, 1.807) is 0 Å². The topological polar surface area (TPSA) is 9.86 Å². The molecule has 0 aliphatic heterocycles. The van der Waals surface area contributed by atoms with E-state index in [9.17, 15) is 0 Å². The van der Waals surface area contributed by atoms with Gasteiger partial charge in [-0.25, -0.2) is 0 Å². The molecule has 2 nitrogen and oxygen atoms in total. The van der Waals surface area contributed by atoms with Crippen molar-refractivity contribution in [1.29, 1.82) is 0 Å². The molecule has 0 unspecified atom stereocenters. The summed E-state index contributed by atoms with van der Waals surface area (Å²) in [5.74, 6) is 0. The van der Waals surface area contributed by atoms with Gasteiger partial charge >= 0.3 is 0 Å². The van der Waals surface area contributed by atoms with Gasteiger partial charge in [-0.2, -0.15) is 0 Å². The molecule has 0 fully saturated rings. The maximum Gasteiger partial charge on any atom is 0.0541 e. The van der Waals surface area contributed by atoms with Crippen LogP contribution >= 0.6 is 0 Å². The Morgan fingerprint density at radius 2 is 0.650 bits per heavy atom. The Bertz CT molecular complexity index is 1970. The minimum Gasteiger partial charge on any atom is -0.309 e. The zero-order valence-electron chi connectivity index (χ0n) is 22.6. The summed E-state index contributed by atoms with van der Waals surface area (Å²) in [5.41, 5.74) is 12.4. The van der Waals surface area contributed by atoms with Gasteiger partial charge in [-0.05, 0) is 84.6 Å². The van der Waals surface area contributed by atoms with Crippen molar-refractivity contribution < 1.29 is 0 Å². The fraction of sp³-hybridized carbons (Fsp3) is 0.0526. The highest BCUT2D eigenvalue weighted by Gasteiger charge is 2.15. The molecule has 2 heteroatoms. The molecule has 0 spiro atoms. The predicted octanol–water partition coefficient (Wildman–Crippen LogP) is 10.2. The smallest absolute Gasteiger partial charge is 0.0541 e. The highest BCUT2D eigenvalue weighted by atomic mass is 15.0. The van der Waals surface area contributed by atoms with Crippen LogP contribution in [0.15, 0.2) is 133 Å². The Hall–Kier alpha value is -5.08. The van der Waals surface area contributed by atoms with Crippen LogP contribution in [-0.2, 0) is 0 Å². The minimum absolute atomic E-state index is 1.19. The van der Waals surface area contributed by atoms with Crippen LogP contribution in [-0.4, -0.2) is 9.13 Å². The molecule has 8 aromatic rings. The molecule has 0 amide bonds. The van der Waals surface area contributed by atoms with Gasteiger partial charge in [-0.1, -0.05) is 84.9 Å². The van der Waals surface area contributed by atoms with Crippen LogP contribution in [0, 0.1) is 13.8 Å². The van der Waals surface area contributed by atoms with Gasteiger partial charge in [0, 0.05) is 32.9 Å². The Balaban J connectivity index is 1.25. The quantitative estimate of drug-likeness (QED) is 0.223. The van der Waals surface area contributed by atoms with E-state index in [1.807, 2.05) is 0 Å². The lowest BCUT2D eigenvalue weighted by Gasteiger charge is -2.15. The predicted molar refractivity (Wildman–Crippen MR) is 170 cm³/mol. The van der Waals surface area contributed by atoms with Gasteiger partial charge < -0.3 is 9.13 Å². The third kappa shape index (κ3) is 3.29. The zero-order chi connectivity index (χ0) is 26.8. The molecule has 0 saturated carbocycles. The van der Waals surface area contributed by atoms with Crippen LogP contribution in [0.2, 0.25) is 0 Å². The first-order valence-electron chi connectivity index (χ1n) is 13.9. The average molecular weight is 513 g/mol. The summed E-state index contributed by atoms with van der Waals surface area (Å²) >= 11 is 0. The van der Waals surface area contributed by atoms with Gasteiger partial charge in [0.1, 0.15) is 0 Å². The van der Waals surface area contributed by atoms with Crippen molar-refractivity contribution >= 4 is 43.6 Å². The van der Waals surface area contributed by atoms with Gasteiger partial charge in [0.15, 0.2) is 0 Å². The standard InChI is InChI=1S/C38H28N2/c1-25-23-27(39-35-15-7-3-11-31(35)32-12-4-8-16-36(32)39)19-21-29(25)30-22-20-28(24-26(30)2)40-37-17-9-5-13-33(37)34-14-6-10-18-38(34)40/h3-24H,1-2H3. The Labute approximate surface area is 233 Å². The zero-order valence-corrected chi connectivity index (χ0v) is 22.6. The van der Waals surface area contributed by atoms with Crippen molar-refractivity contribution in [3.8, 4) is 22.5 Å². The maximum absolute atomic E-state index is 2.39. The number of aromatic nitrogens is 2. The summed E-state index contributed by atoms with van der Waals surface area (Å²) in [6.07, 6.45) is 0. The van der Waals surface area contributed by atoms with Crippen LogP contribution in [0.3, 0.4) is 0 Å². The summed E-state index contributed by atoms with van der Waals surface area (Å²) < 4.78 is 4.78. The number of hydrogen-bond donors (Lipinski definition) is 0. The normalized spacial score (nSPS) is 11.8. The van der Waals surface area contributed by atoms with Crippen molar-refractivity contribution in [1.82, 2.24) is 9.13 Å². The molecule has 0 saturated heterocycles. The number of benzene rings is 6. The van der Waals surface area contributed by atoms with Crippen molar-refractivity contribution in [2.24, 2.45) is 0 Å². The summed E-state index contributed by atoms with van der Waals surface area (Å²) in [6, 6.07) is 48.5. The molecule has 0 atom stereocenters. The highest BCUT2D eigenvalue weighted by Crippen LogP contribution is 2.36. The van der Waals surface area contributed by atoms with Gasteiger partial charge in [0.05, 0.1) is 22.1 Å². The second-order valence-electron chi connectivity index (χ2n) is 10.7. The molecular weight excluding hydrogens is 484 g/mol. The Morgan fingerprint density at radius 1 is 0.350 bits per heavy atom. The van der Waals surface area contributed by atoms with E-state index in [2.05, 4.69) is 156 Å². The highest BCUT2D eigenvalue weighted by molar-refractivity contribution is 6.10. The SMILES string of the molecule is Cc1cc(-n2c3ccccc3c3ccccc32)ccc1-c1ccc(-n2c3ccccc3c3ccccc32)cc1C. The molecule has 0 aliphatic rings. The molecule has 0 radical (unpaired) electrons. The molecule has 0 bridgehead atoms. The second-order valence-corrected chi connectivity index (χ2v) is 10.7. The molecule has 2 aromatic heterocycles. The van der Waals surface area contributed by atoms with Crippen LogP contribution in [0.4, 0.5) is 0 Å². The van der Waals surface area contributed by atoms with E-state index in [1.165, 1.54) is 77.2 Å². The average Bonchev–Trinajstić information content (AvgIpc) is 3.51. The molecular formula is C38H28N2. The van der Waals surface area contributed by atoms with Crippen molar-refractivity contribution in [2.75, 3.05) is 0 Å². The lowest BCUT2D eigenvalue weighted by atomic mass is 9.95. The van der Waals surface area contributed by atoms with E-state index < -0.39 is 0 Å². The number of aryl methyl sites for hydroxylation is 2. The molecule has 190 valence electrons. The third-order valence-electron chi connectivity index (χ3n) is 8.39. The third-order valence-corrected chi connectivity index (χ3v) is 8.39. The first-order chi connectivity index (χ1) is 19.7. The summed E-state index contributed by atoms with van der Waals surface area (Å²) in [5, 5.41) is 5.15. The summed E-state index contributed by atoms with van der Waals surface area (Å²) in [7, 11) is 0. The number of rotatable bonds is 3. The van der Waals surface area contributed by atoms with E-state index >= 15 is 0 Å². The number of para-hydroxylation sites is 4. The lowest BCUT2D eigenvalue weighted by molar-refractivity contribution is 1.16. The molecule has 2 heterocycles. The molecule has 0 N–H and O–H groups in total. The Kier molecular flexibility index (Phi) is 4.99. The second kappa shape index (κ2) is 8.72. The van der Waals surface area contributed by atoms with Gasteiger partial charge in [0.25, 0.3) is 0 Å². The van der Waals surface area contributed by atoms with Crippen LogP contribution in [0.1, 0.15) is 11.1 Å². The maximum atomic E-state index is 2.39. The van der Waals surface area contributed by atoms with Gasteiger partial charge in [0.2, 0.25) is 0 Å². The van der Waals surface area contributed by atoms with E-state index in [4.69, 9.17) is 0 Å². The number of hydrogen-bond acceptors (Lipinski definition) is 0. The monoisotopic (exact) mass is 512 g/mol.